The monoisotopic (exact) mass is 380 g/mol. The van der Waals surface area contributed by atoms with Crippen LogP contribution in [0.1, 0.15) is 34.5 Å². The van der Waals surface area contributed by atoms with Crippen molar-refractivity contribution in [1.82, 2.24) is 14.7 Å². The fraction of sp³-hybridized carbons (Fsp3) is 0.389. The number of hydrogen-bond donors (Lipinski definition) is 1. The van der Waals surface area contributed by atoms with Gasteiger partial charge in [0.15, 0.2) is 0 Å². The Morgan fingerprint density at radius 3 is 2.41 bits per heavy atom. The van der Waals surface area contributed by atoms with Crippen LogP contribution in [0.4, 0.5) is 13.2 Å². The summed E-state index contributed by atoms with van der Waals surface area (Å²) in [7, 11) is 0. The predicted octanol–water partition coefficient (Wildman–Crippen LogP) is 2.54. The van der Waals surface area contributed by atoms with Gasteiger partial charge in [-0.2, -0.15) is 18.3 Å². The topological polar surface area (TPSA) is 81.2 Å². The Morgan fingerprint density at radius 2 is 1.81 bits per heavy atom. The maximum Gasteiger partial charge on any atom is 0.418 e. The van der Waals surface area contributed by atoms with Gasteiger partial charge in [-0.15, -0.1) is 0 Å². The normalized spacial score (nSPS) is 15.8. The molecule has 2 amide bonds. The van der Waals surface area contributed by atoms with Crippen molar-refractivity contribution in [3.05, 3.63) is 47.3 Å². The molecule has 0 unspecified atom stereocenters. The third-order valence-electron chi connectivity index (χ3n) is 4.86. The minimum Gasteiger partial charge on any atom is -0.369 e. The van der Waals surface area contributed by atoms with E-state index in [1.54, 1.807) is 11.8 Å². The van der Waals surface area contributed by atoms with E-state index < -0.39 is 11.7 Å². The number of benzene rings is 1. The Bertz CT molecular complexity index is 868. The second-order valence-corrected chi connectivity index (χ2v) is 6.54. The van der Waals surface area contributed by atoms with E-state index in [9.17, 15) is 22.8 Å². The van der Waals surface area contributed by atoms with Crippen LogP contribution in [0.2, 0.25) is 0 Å². The van der Waals surface area contributed by atoms with Gasteiger partial charge in [-0.25, -0.2) is 4.68 Å². The highest BCUT2D eigenvalue weighted by atomic mass is 19.4. The van der Waals surface area contributed by atoms with E-state index >= 15 is 0 Å². The first-order chi connectivity index (χ1) is 12.7. The standard InChI is InChI=1S/C18H19F3N4O2/c1-11-13(17(27)24-8-6-12(7-9-24)16(22)26)10-23-25(11)15-5-3-2-4-14(15)18(19,20)21/h2-5,10,12H,6-9H2,1H3,(H2,22,26). The SMILES string of the molecule is Cc1c(C(=O)N2CCC(C(N)=O)CC2)cnn1-c1ccccc1C(F)(F)F. The second kappa shape index (κ2) is 7.05. The van der Waals surface area contributed by atoms with Crippen LogP contribution in [0.25, 0.3) is 5.69 Å². The van der Waals surface area contributed by atoms with Crippen molar-refractivity contribution in [1.29, 1.82) is 0 Å². The third kappa shape index (κ3) is 3.67. The molecular weight excluding hydrogens is 361 g/mol. The summed E-state index contributed by atoms with van der Waals surface area (Å²) >= 11 is 0. The zero-order valence-electron chi connectivity index (χ0n) is 14.7. The highest BCUT2D eigenvalue weighted by Crippen LogP contribution is 2.34. The molecule has 0 radical (unpaired) electrons. The molecule has 1 saturated heterocycles. The van der Waals surface area contributed by atoms with Gasteiger partial charge in [-0.05, 0) is 31.9 Å². The summed E-state index contributed by atoms with van der Waals surface area (Å²) in [5, 5.41) is 4.01. The van der Waals surface area contributed by atoms with Crippen LogP contribution in [-0.2, 0) is 11.0 Å². The molecule has 0 bridgehead atoms. The molecule has 2 N–H and O–H groups in total. The Hall–Kier alpha value is -2.84. The van der Waals surface area contributed by atoms with Gasteiger partial charge in [0.25, 0.3) is 5.91 Å². The van der Waals surface area contributed by atoms with Gasteiger partial charge in [0, 0.05) is 19.0 Å². The van der Waals surface area contributed by atoms with Crippen molar-refractivity contribution >= 4 is 11.8 Å². The van der Waals surface area contributed by atoms with Gasteiger partial charge < -0.3 is 10.6 Å². The summed E-state index contributed by atoms with van der Waals surface area (Å²) < 4.78 is 40.9. The molecule has 6 nitrogen and oxygen atoms in total. The van der Waals surface area contributed by atoms with Crippen LogP contribution in [0.15, 0.2) is 30.5 Å². The zero-order valence-corrected chi connectivity index (χ0v) is 14.7. The summed E-state index contributed by atoms with van der Waals surface area (Å²) in [6, 6.07) is 5.09. The van der Waals surface area contributed by atoms with E-state index in [0.29, 0.717) is 31.6 Å². The molecule has 0 aliphatic carbocycles. The molecule has 0 saturated carbocycles. The number of amides is 2. The van der Waals surface area contributed by atoms with Crippen LogP contribution in [-0.4, -0.2) is 39.6 Å². The number of carbonyl (C=O) groups is 2. The average molecular weight is 380 g/mol. The van der Waals surface area contributed by atoms with Gasteiger partial charge in [0.05, 0.1) is 28.7 Å². The van der Waals surface area contributed by atoms with E-state index in [2.05, 4.69) is 5.10 Å². The number of aromatic nitrogens is 2. The number of hydrogen-bond acceptors (Lipinski definition) is 3. The van der Waals surface area contributed by atoms with Crippen LogP contribution in [0.5, 0.6) is 0 Å². The molecule has 27 heavy (non-hydrogen) atoms. The average Bonchev–Trinajstić information content (AvgIpc) is 3.01. The minimum atomic E-state index is -4.53. The van der Waals surface area contributed by atoms with Crippen molar-refractivity contribution in [2.75, 3.05) is 13.1 Å². The molecule has 1 aromatic heterocycles. The smallest absolute Gasteiger partial charge is 0.369 e. The number of nitrogens with two attached hydrogens (primary N) is 1. The van der Waals surface area contributed by atoms with Crippen molar-refractivity contribution in [3.63, 3.8) is 0 Å². The second-order valence-electron chi connectivity index (χ2n) is 6.54. The van der Waals surface area contributed by atoms with Crippen LogP contribution < -0.4 is 5.73 Å². The maximum atomic E-state index is 13.3. The van der Waals surface area contributed by atoms with Gasteiger partial charge in [-0.3, -0.25) is 9.59 Å². The number of rotatable bonds is 3. The molecule has 1 aliphatic rings. The molecule has 1 aliphatic heterocycles. The highest BCUT2D eigenvalue weighted by molar-refractivity contribution is 5.95. The summed E-state index contributed by atoms with van der Waals surface area (Å²) in [6.07, 6.45) is -2.29. The van der Waals surface area contributed by atoms with E-state index in [0.717, 1.165) is 10.7 Å². The quantitative estimate of drug-likeness (QED) is 0.889. The molecule has 0 spiro atoms. The lowest BCUT2D eigenvalue weighted by atomic mass is 9.96. The molecule has 9 heteroatoms. The first-order valence-electron chi connectivity index (χ1n) is 8.50. The van der Waals surface area contributed by atoms with Crippen LogP contribution in [0.3, 0.4) is 0 Å². The molecule has 1 aromatic carbocycles. The molecule has 2 aromatic rings. The van der Waals surface area contributed by atoms with Gasteiger partial charge in [-0.1, -0.05) is 12.1 Å². The molecule has 1 fully saturated rings. The number of piperidine rings is 1. The number of primary amides is 1. The Kier molecular flexibility index (Phi) is 4.95. The molecular formula is C18H19F3N4O2. The van der Waals surface area contributed by atoms with Crippen molar-refractivity contribution in [2.24, 2.45) is 11.7 Å². The van der Waals surface area contributed by atoms with Crippen LogP contribution in [0, 0.1) is 12.8 Å². The summed E-state index contributed by atoms with van der Waals surface area (Å²) in [5.41, 5.74) is 4.91. The first kappa shape index (κ1) is 18.9. The van der Waals surface area contributed by atoms with Gasteiger partial charge in [0.1, 0.15) is 0 Å². The number of halogens is 3. The van der Waals surface area contributed by atoms with E-state index in [1.807, 2.05) is 0 Å². The molecule has 2 heterocycles. The van der Waals surface area contributed by atoms with Crippen molar-refractivity contribution in [2.45, 2.75) is 25.9 Å². The number of likely N-dealkylation sites (tertiary alicyclic amines) is 1. The van der Waals surface area contributed by atoms with Crippen LogP contribution >= 0.6 is 0 Å². The summed E-state index contributed by atoms with van der Waals surface area (Å²) in [5.74, 6) is -0.947. The molecule has 144 valence electrons. The fourth-order valence-electron chi connectivity index (χ4n) is 3.30. The fourth-order valence-corrected chi connectivity index (χ4v) is 3.30. The lowest BCUT2D eigenvalue weighted by molar-refractivity contribution is -0.137. The summed E-state index contributed by atoms with van der Waals surface area (Å²) in [6.45, 7) is 2.30. The van der Waals surface area contributed by atoms with Gasteiger partial charge >= 0.3 is 6.18 Å². The predicted molar refractivity (Wildman–Crippen MR) is 91.1 cm³/mol. The van der Waals surface area contributed by atoms with E-state index in [4.69, 9.17) is 5.73 Å². The highest BCUT2D eigenvalue weighted by Gasteiger charge is 2.35. The van der Waals surface area contributed by atoms with E-state index in [-0.39, 0.29) is 29.0 Å². The lowest BCUT2D eigenvalue weighted by Gasteiger charge is -2.30. The number of carbonyl (C=O) groups excluding carboxylic acids is 2. The Balaban J connectivity index is 1.87. The van der Waals surface area contributed by atoms with E-state index in [1.165, 1.54) is 24.4 Å². The van der Waals surface area contributed by atoms with Crippen molar-refractivity contribution < 1.29 is 22.8 Å². The first-order valence-corrected chi connectivity index (χ1v) is 8.50. The van der Waals surface area contributed by atoms with Crippen molar-refractivity contribution in [3.8, 4) is 5.69 Å². The molecule has 3 rings (SSSR count). The maximum absolute atomic E-state index is 13.3. The number of alkyl halides is 3. The van der Waals surface area contributed by atoms with Gasteiger partial charge in [0.2, 0.25) is 5.91 Å². The third-order valence-corrected chi connectivity index (χ3v) is 4.86. The zero-order chi connectivity index (χ0) is 19.8. The largest absolute Gasteiger partial charge is 0.418 e. The Morgan fingerprint density at radius 1 is 1.19 bits per heavy atom. The Labute approximate surface area is 153 Å². The number of para-hydroxylation sites is 1. The minimum absolute atomic E-state index is 0.131. The number of nitrogens with zero attached hydrogens (tertiary/aromatic N) is 3. The lowest BCUT2D eigenvalue weighted by Crippen LogP contribution is -2.41. The summed E-state index contributed by atoms with van der Waals surface area (Å²) in [4.78, 5) is 25.6. The molecule has 0 atom stereocenters.